The molecular formula is C19H27N3O5. The van der Waals surface area contributed by atoms with E-state index in [1.165, 1.54) is 33.5 Å². The molecule has 1 aliphatic rings. The Morgan fingerprint density at radius 3 is 2.56 bits per heavy atom. The van der Waals surface area contributed by atoms with Crippen LogP contribution in [0.4, 0.5) is 10.5 Å². The highest BCUT2D eigenvalue weighted by Gasteiger charge is 2.26. The zero-order chi connectivity index (χ0) is 19.2. The van der Waals surface area contributed by atoms with E-state index in [0.29, 0.717) is 35.1 Å². The van der Waals surface area contributed by atoms with E-state index in [4.69, 9.17) is 18.6 Å². The van der Waals surface area contributed by atoms with Crippen LogP contribution < -0.4 is 24.8 Å². The van der Waals surface area contributed by atoms with Crippen LogP contribution in [-0.4, -0.2) is 58.4 Å². The summed E-state index contributed by atoms with van der Waals surface area (Å²) in [6.07, 6.45) is 5.31. The number of rotatable bonds is 7. The van der Waals surface area contributed by atoms with Gasteiger partial charge in [-0.05, 0) is 32.0 Å². The van der Waals surface area contributed by atoms with Crippen LogP contribution in [0.15, 0.2) is 16.7 Å². The summed E-state index contributed by atoms with van der Waals surface area (Å²) in [6, 6.07) is 1.42. The highest BCUT2D eigenvalue weighted by molar-refractivity contribution is 6.03. The molecule has 1 fully saturated rings. The molecule has 1 aliphatic heterocycles. The maximum Gasteiger partial charge on any atom is 0.319 e. The van der Waals surface area contributed by atoms with Crippen molar-refractivity contribution >= 4 is 22.7 Å². The van der Waals surface area contributed by atoms with Gasteiger partial charge in [0.1, 0.15) is 12.3 Å². The number of likely N-dealkylation sites (tertiary alicyclic amines) is 1. The Morgan fingerprint density at radius 2 is 1.89 bits per heavy atom. The Hall–Kier alpha value is -2.61. The number of amides is 2. The fraction of sp³-hybridized carbons (Fsp3) is 0.526. The van der Waals surface area contributed by atoms with Crippen molar-refractivity contribution < 1.29 is 23.4 Å². The Morgan fingerprint density at radius 1 is 1.15 bits per heavy atom. The number of hydrogen-bond donors (Lipinski definition) is 2. The topological polar surface area (TPSA) is 85.2 Å². The highest BCUT2D eigenvalue weighted by atomic mass is 16.5. The van der Waals surface area contributed by atoms with Crippen LogP contribution in [0.3, 0.4) is 0 Å². The molecule has 3 rings (SSSR count). The van der Waals surface area contributed by atoms with Gasteiger partial charge in [0.05, 0.1) is 25.9 Å². The monoisotopic (exact) mass is 377 g/mol. The first-order valence-electron chi connectivity index (χ1n) is 9.18. The molecule has 0 spiro atoms. The Labute approximate surface area is 158 Å². The lowest BCUT2D eigenvalue weighted by molar-refractivity contribution is 0.184. The number of nitrogens with one attached hydrogen (secondary N) is 2. The van der Waals surface area contributed by atoms with Crippen LogP contribution in [-0.2, 0) is 0 Å². The van der Waals surface area contributed by atoms with Crippen molar-refractivity contribution in [1.82, 2.24) is 10.2 Å². The van der Waals surface area contributed by atoms with Crippen LogP contribution in [0.2, 0.25) is 0 Å². The van der Waals surface area contributed by atoms with Gasteiger partial charge in [-0.15, -0.1) is 0 Å². The lowest BCUT2D eigenvalue weighted by Crippen LogP contribution is -2.33. The number of ether oxygens (including phenoxy) is 3. The normalized spacial score (nSPS) is 14.8. The molecule has 2 aromatic rings. The second-order valence-electron chi connectivity index (χ2n) is 6.39. The Bertz CT molecular complexity index is 783. The summed E-state index contributed by atoms with van der Waals surface area (Å²) < 4.78 is 22.7. The standard InChI is InChI=1S/C19H27N3O5/c1-20-19(23)21-14-15(27-12-10-22-8-5-4-6-9-22)13-7-11-26-16(13)18(25-3)17(14)24-2/h7,11H,4-6,8-10,12H2,1-3H3,(H2,20,21,23). The summed E-state index contributed by atoms with van der Waals surface area (Å²) in [7, 11) is 4.59. The maximum atomic E-state index is 12.0. The molecule has 8 heteroatoms. The van der Waals surface area contributed by atoms with Crippen molar-refractivity contribution in [2.75, 3.05) is 52.8 Å². The highest BCUT2D eigenvalue weighted by Crippen LogP contribution is 2.49. The first-order valence-corrected chi connectivity index (χ1v) is 9.18. The van der Waals surface area contributed by atoms with Crippen LogP contribution in [0.1, 0.15) is 19.3 Å². The van der Waals surface area contributed by atoms with E-state index in [9.17, 15) is 4.79 Å². The van der Waals surface area contributed by atoms with Crippen molar-refractivity contribution in [3.8, 4) is 17.2 Å². The van der Waals surface area contributed by atoms with Crippen molar-refractivity contribution in [2.24, 2.45) is 0 Å². The van der Waals surface area contributed by atoms with E-state index in [0.717, 1.165) is 25.0 Å². The third-order valence-corrected chi connectivity index (χ3v) is 4.75. The zero-order valence-corrected chi connectivity index (χ0v) is 16.1. The van der Waals surface area contributed by atoms with E-state index in [1.807, 2.05) is 0 Å². The van der Waals surface area contributed by atoms with E-state index < -0.39 is 0 Å². The van der Waals surface area contributed by atoms with Gasteiger partial charge in [0.15, 0.2) is 17.1 Å². The third-order valence-electron chi connectivity index (χ3n) is 4.75. The number of fused-ring (bicyclic) bond motifs is 1. The minimum atomic E-state index is -0.376. The average Bonchev–Trinajstić information content (AvgIpc) is 3.18. The summed E-state index contributed by atoms with van der Waals surface area (Å²) in [5.74, 6) is 1.28. The Kier molecular flexibility index (Phi) is 6.28. The van der Waals surface area contributed by atoms with Gasteiger partial charge >= 0.3 is 6.03 Å². The molecule has 0 saturated carbocycles. The molecular weight excluding hydrogens is 350 g/mol. The number of nitrogens with zero attached hydrogens (tertiary/aromatic N) is 1. The molecule has 2 N–H and O–H groups in total. The molecule has 1 aromatic heterocycles. The fourth-order valence-corrected chi connectivity index (χ4v) is 3.40. The first-order chi connectivity index (χ1) is 13.2. The van der Waals surface area contributed by atoms with Crippen LogP contribution in [0, 0.1) is 0 Å². The minimum Gasteiger partial charge on any atom is -0.491 e. The van der Waals surface area contributed by atoms with Gasteiger partial charge in [0, 0.05) is 13.6 Å². The maximum absolute atomic E-state index is 12.0. The molecule has 2 amide bonds. The van der Waals surface area contributed by atoms with Gasteiger partial charge in [-0.25, -0.2) is 4.79 Å². The van der Waals surface area contributed by atoms with E-state index in [1.54, 1.807) is 19.4 Å². The minimum absolute atomic E-state index is 0.358. The summed E-state index contributed by atoms with van der Waals surface area (Å²) in [5, 5.41) is 6.06. The smallest absolute Gasteiger partial charge is 0.319 e. The van der Waals surface area contributed by atoms with Gasteiger partial charge < -0.3 is 29.3 Å². The van der Waals surface area contributed by atoms with E-state index in [2.05, 4.69) is 15.5 Å². The molecule has 1 saturated heterocycles. The van der Waals surface area contributed by atoms with Crippen molar-refractivity contribution in [1.29, 1.82) is 0 Å². The van der Waals surface area contributed by atoms with Gasteiger partial charge in [-0.2, -0.15) is 0 Å². The number of urea groups is 1. The number of benzene rings is 1. The summed E-state index contributed by atoms with van der Waals surface area (Å²) in [5.41, 5.74) is 0.936. The number of piperidine rings is 1. The quantitative estimate of drug-likeness (QED) is 0.771. The third kappa shape index (κ3) is 4.05. The molecule has 27 heavy (non-hydrogen) atoms. The number of furan rings is 1. The summed E-state index contributed by atoms with van der Waals surface area (Å²) in [6.45, 7) is 3.52. The molecule has 148 valence electrons. The molecule has 2 heterocycles. The van der Waals surface area contributed by atoms with E-state index >= 15 is 0 Å². The van der Waals surface area contributed by atoms with Crippen LogP contribution in [0.5, 0.6) is 17.2 Å². The zero-order valence-electron chi connectivity index (χ0n) is 16.1. The average molecular weight is 377 g/mol. The summed E-state index contributed by atoms with van der Waals surface area (Å²) in [4.78, 5) is 14.4. The largest absolute Gasteiger partial charge is 0.491 e. The predicted molar refractivity (Wildman–Crippen MR) is 103 cm³/mol. The lowest BCUT2D eigenvalue weighted by atomic mass is 10.1. The van der Waals surface area contributed by atoms with Gasteiger partial charge in [0.2, 0.25) is 5.75 Å². The van der Waals surface area contributed by atoms with Crippen molar-refractivity contribution in [2.45, 2.75) is 19.3 Å². The molecule has 1 aromatic carbocycles. The first kappa shape index (κ1) is 19.2. The molecule has 0 aliphatic carbocycles. The SMILES string of the molecule is CNC(=O)Nc1c(OC)c(OC)c2occc2c1OCCN1CCCCC1. The number of carbonyl (C=O) groups is 1. The molecule has 0 bridgehead atoms. The second-order valence-corrected chi connectivity index (χ2v) is 6.39. The number of methoxy groups -OCH3 is 2. The lowest BCUT2D eigenvalue weighted by Gasteiger charge is -2.26. The van der Waals surface area contributed by atoms with E-state index in [-0.39, 0.29) is 6.03 Å². The second kappa shape index (κ2) is 8.85. The Balaban J connectivity index is 1.93. The number of hydrogen-bond acceptors (Lipinski definition) is 6. The van der Waals surface area contributed by atoms with Gasteiger partial charge in [-0.1, -0.05) is 6.42 Å². The molecule has 8 nitrogen and oxygen atoms in total. The molecule has 0 atom stereocenters. The predicted octanol–water partition coefficient (Wildman–Crippen LogP) is 3.07. The number of anilines is 1. The van der Waals surface area contributed by atoms with Gasteiger partial charge in [0.25, 0.3) is 0 Å². The van der Waals surface area contributed by atoms with Gasteiger partial charge in [-0.3, -0.25) is 4.90 Å². The van der Waals surface area contributed by atoms with Crippen LogP contribution in [0.25, 0.3) is 11.0 Å². The van der Waals surface area contributed by atoms with Crippen LogP contribution >= 0.6 is 0 Å². The van der Waals surface area contributed by atoms with Crippen molar-refractivity contribution in [3.05, 3.63) is 12.3 Å². The summed E-state index contributed by atoms with van der Waals surface area (Å²) >= 11 is 0. The van der Waals surface area contributed by atoms with Crippen molar-refractivity contribution in [3.63, 3.8) is 0 Å². The number of carbonyl (C=O) groups excluding carboxylic acids is 1. The fourth-order valence-electron chi connectivity index (χ4n) is 3.40. The molecule has 0 unspecified atom stereocenters. The molecule has 0 radical (unpaired) electrons.